The number of rotatable bonds is 7. The first kappa shape index (κ1) is 21.5. The molecule has 0 bridgehead atoms. The van der Waals surface area contributed by atoms with Gasteiger partial charge < -0.3 is 20.3 Å². The highest BCUT2D eigenvalue weighted by Crippen LogP contribution is 2.24. The smallest absolute Gasteiger partial charge is 0.317 e. The van der Waals surface area contributed by atoms with Gasteiger partial charge in [0.25, 0.3) is 0 Å². The summed E-state index contributed by atoms with van der Waals surface area (Å²) in [5, 5.41) is 5.97. The van der Waals surface area contributed by atoms with Gasteiger partial charge in [-0.1, -0.05) is 25.5 Å². The van der Waals surface area contributed by atoms with Crippen LogP contribution in [0.15, 0.2) is 24.3 Å². The van der Waals surface area contributed by atoms with Gasteiger partial charge >= 0.3 is 6.03 Å². The highest BCUT2D eigenvalue weighted by atomic mass is 16.5. The maximum atomic E-state index is 12.5. The molecule has 6 nitrogen and oxygen atoms in total. The van der Waals surface area contributed by atoms with Gasteiger partial charge in [0.15, 0.2) is 0 Å². The number of benzene rings is 1. The van der Waals surface area contributed by atoms with E-state index in [0.717, 1.165) is 50.0 Å². The van der Waals surface area contributed by atoms with Crippen molar-refractivity contribution in [1.82, 2.24) is 15.5 Å². The molecule has 2 aliphatic rings. The van der Waals surface area contributed by atoms with Crippen molar-refractivity contribution in [3.05, 3.63) is 29.8 Å². The number of likely N-dealkylation sites (tertiary alicyclic amines) is 1. The number of urea groups is 1. The minimum absolute atomic E-state index is 0.0271. The number of nitrogens with zero attached hydrogens (tertiary/aromatic N) is 1. The van der Waals surface area contributed by atoms with Gasteiger partial charge in [-0.3, -0.25) is 4.79 Å². The summed E-state index contributed by atoms with van der Waals surface area (Å²) < 4.78 is 6.12. The Bertz CT molecular complexity index is 665. The minimum atomic E-state index is -0.0592. The van der Waals surface area contributed by atoms with Gasteiger partial charge in [0.2, 0.25) is 5.91 Å². The van der Waals surface area contributed by atoms with E-state index >= 15 is 0 Å². The molecule has 160 valence electrons. The highest BCUT2D eigenvalue weighted by Gasteiger charge is 2.27. The van der Waals surface area contributed by atoms with Gasteiger partial charge in [0, 0.05) is 32.1 Å². The average Bonchev–Trinajstić information content (AvgIpc) is 2.77. The molecular formula is C23H35N3O3. The Morgan fingerprint density at radius 2 is 1.83 bits per heavy atom. The second-order valence-corrected chi connectivity index (χ2v) is 8.24. The third-order valence-electron chi connectivity index (χ3n) is 5.90. The molecule has 0 aromatic heterocycles. The standard InChI is InChI=1S/C23H35N3O3/c1-2-13-24-22(27)19-11-14-26(15-12-19)23(28)25-17-18-7-6-10-21(16-18)29-20-8-4-3-5-9-20/h6-7,10,16,19-20H,2-5,8-9,11-15,17H2,1H3,(H,24,27)(H,25,28). The Morgan fingerprint density at radius 3 is 2.55 bits per heavy atom. The zero-order valence-electron chi connectivity index (χ0n) is 17.6. The number of hydrogen-bond donors (Lipinski definition) is 2. The molecule has 2 N–H and O–H groups in total. The molecule has 2 fully saturated rings. The Morgan fingerprint density at radius 1 is 1.07 bits per heavy atom. The fourth-order valence-electron chi connectivity index (χ4n) is 4.13. The molecule has 1 saturated carbocycles. The van der Waals surface area contributed by atoms with E-state index in [1.807, 2.05) is 36.1 Å². The number of ether oxygens (including phenoxy) is 1. The summed E-state index contributed by atoms with van der Waals surface area (Å²) >= 11 is 0. The van der Waals surface area contributed by atoms with Gasteiger partial charge in [-0.05, 0) is 62.6 Å². The number of amides is 3. The number of hydrogen-bond acceptors (Lipinski definition) is 3. The first-order valence-corrected chi connectivity index (χ1v) is 11.2. The summed E-state index contributed by atoms with van der Waals surface area (Å²) in [6.45, 7) is 4.51. The van der Waals surface area contributed by atoms with Crippen LogP contribution in [0, 0.1) is 5.92 Å². The Kier molecular flexibility index (Phi) is 8.20. The number of piperidine rings is 1. The lowest BCUT2D eigenvalue weighted by Gasteiger charge is -2.31. The predicted octanol–water partition coefficient (Wildman–Crippen LogP) is 3.85. The van der Waals surface area contributed by atoms with E-state index < -0.39 is 0 Å². The number of carbonyl (C=O) groups is 2. The van der Waals surface area contributed by atoms with Crippen LogP contribution < -0.4 is 15.4 Å². The zero-order valence-corrected chi connectivity index (χ0v) is 17.6. The van der Waals surface area contributed by atoms with E-state index in [0.29, 0.717) is 25.7 Å². The van der Waals surface area contributed by atoms with E-state index in [1.54, 1.807) is 0 Å². The van der Waals surface area contributed by atoms with Crippen LogP contribution in [0.3, 0.4) is 0 Å². The predicted molar refractivity (Wildman–Crippen MR) is 114 cm³/mol. The van der Waals surface area contributed by atoms with Crippen molar-refractivity contribution in [2.45, 2.75) is 70.9 Å². The number of carbonyl (C=O) groups excluding carboxylic acids is 2. The molecule has 1 aromatic rings. The van der Waals surface area contributed by atoms with E-state index in [9.17, 15) is 9.59 Å². The van der Waals surface area contributed by atoms with Crippen LogP contribution in [0.4, 0.5) is 4.79 Å². The molecule has 0 atom stereocenters. The van der Waals surface area contributed by atoms with Crippen LogP contribution in [0.5, 0.6) is 5.75 Å². The van der Waals surface area contributed by atoms with Crippen LogP contribution in [0.25, 0.3) is 0 Å². The Balaban J connectivity index is 1.41. The molecule has 29 heavy (non-hydrogen) atoms. The lowest BCUT2D eigenvalue weighted by atomic mass is 9.96. The Hall–Kier alpha value is -2.24. The van der Waals surface area contributed by atoms with Gasteiger partial charge in [0.05, 0.1) is 6.10 Å². The second-order valence-electron chi connectivity index (χ2n) is 8.24. The monoisotopic (exact) mass is 401 g/mol. The largest absolute Gasteiger partial charge is 0.490 e. The molecule has 0 spiro atoms. The lowest BCUT2D eigenvalue weighted by Crippen LogP contribution is -2.46. The van der Waals surface area contributed by atoms with Crippen molar-refractivity contribution >= 4 is 11.9 Å². The Labute approximate surface area is 174 Å². The van der Waals surface area contributed by atoms with Crippen molar-refractivity contribution in [3.63, 3.8) is 0 Å². The van der Waals surface area contributed by atoms with Crippen molar-refractivity contribution in [1.29, 1.82) is 0 Å². The van der Waals surface area contributed by atoms with Crippen molar-refractivity contribution in [3.8, 4) is 5.75 Å². The molecular weight excluding hydrogens is 366 g/mol. The van der Waals surface area contributed by atoms with Gasteiger partial charge in [0.1, 0.15) is 5.75 Å². The van der Waals surface area contributed by atoms with Crippen molar-refractivity contribution in [2.24, 2.45) is 5.92 Å². The minimum Gasteiger partial charge on any atom is -0.490 e. The molecule has 1 aliphatic carbocycles. The van der Waals surface area contributed by atoms with Crippen molar-refractivity contribution in [2.75, 3.05) is 19.6 Å². The molecule has 3 rings (SSSR count). The quantitative estimate of drug-likeness (QED) is 0.729. The maximum absolute atomic E-state index is 12.5. The molecule has 1 aliphatic heterocycles. The van der Waals surface area contributed by atoms with E-state index in [1.165, 1.54) is 19.3 Å². The topological polar surface area (TPSA) is 70.7 Å². The van der Waals surface area contributed by atoms with Crippen LogP contribution in [0.2, 0.25) is 0 Å². The third kappa shape index (κ3) is 6.65. The summed E-state index contributed by atoms with van der Waals surface area (Å²) in [4.78, 5) is 26.4. The maximum Gasteiger partial charge on any atom is 0.317 e. The molecule has 0 radical (unpaired) electrons. The van der Waals surface area contributed by atoms with Crippen molar-refractivity contribution < 1.29 is 14.3 Å². The van der Waals surface area contributed by atoms with Gasteiger partial charge in [-0.15, -0.1) is 0 Å². The second kappa shape index (κ2) is 11.1. The fourth-order valence-corrected chi connectivity index (χ4v) is 4.13. The molecule has 0 unspecified atom stereocenters. The lowest BCUT2D eigenvalue weighted by molar-refractivity contribution is -0.126. The first-order valence-electron chi connectivity index (χ1n) is 11.2. The molecule has 1 aromatic carbocycles. The highest BCUT2D eigenvalue weighted by molar-refractivity contribution is 5.79. The van der Waals surface area contributed by atoms with E-state index in [-0.39, 0.29) is 17.9 Å². The first-order chi connectivity index (χ1) is 14.2. The summed E-state index contributed by atoms with van der Waals surface area (Å²) in [7, 11) is 0. The molecule has 1 heterocycles. The molecule has 6 heteroatoms. The van der Waals surface area contributed by atoms with Crippen LogP contribution in [0.1, 0.15) is 63.9 Å². The molecule has 3 amide bonds. The normalized spacial score (nSPS) is 18.3. The van der Waals surface area contributed by atoms with Crippen LogP contribution in [-0.2, 0) is 11.3 Å². The summed E-state index contributed by atoms with van der Waals surface area (Å²) in [5.74, 6) is 1.04. The SMILES string of the molecule is CCCNC(=O)C1CCN(C(=O)NCc2cccc(OC3CCCCC3)c2)CC1. The summed E-state index contributed by atoms with van der Waals surface area (Å²) in [6.07, 6.45) is 8.80. The van der Waals surface area contributed by atoms with Gasteiger partial charge in [-0.25, -0.2) is 4.79 Å². The third-order valence-corrected chi connectivity index (χ3v) is 5.90. The fraction of sp³-hybridized carbons (Fsp3) is 0.652. The zero-order chi connectivity index (χ0) is 20.5. The van der Waals surface area contributed by atoms with Crippen LogP contribution in [-0.4, -0.2) is 42.6 Å². The van der Waals surface area contributed by atoms with Gasteiger partial charge in [-0.2, -0.15) is 0 Å². The van der Waals surface area contributed by atoms with E-state index in [4.69, 9.17) is 4.74 Å². The molecule has 1 saturated heterocycles. The average molecular weight is 402 g/mol. The van der Waals surface area contributed by atoms with Crippen LogP contribution >= 0.6 is 0 Å². The summed E-state index contributed by atoms with van der Waals surface area (Å²) in [5.41, 5.74) is 1.04. The number of nitrogens with one attached hydrogen (secondary N) is 2. The summed E-state index contributed by atoms with van der Waals surface area (Å²) in [6, 6.07) is 7.96. The van der Waals surface area contributed by atoms with E-state index in [2.05, 4.69) is 10.6 Å².